The molecule has 1 fully saturated rings. The molecule has 5 nitrogen and oxygen atoms in total. The van der Waals surface area contributed by atoms with E-state index in [0.717, 1.165) is 55.8 Å². The van der Waals surface area contributed by atoms with Crippen LogP contribution in [0.1, 0.15) is 18.1 Å². The molecule has 0 radical (unpaired) electrons. The van der Waals surface area contributed by atoms with Gasteiger partial charge in [0.25, 0.3) is 0 Å². The van der Waals surface area contributed by atoms with Crippen LogP contribution in [0.2, 0.25) is 0 Å². The van der Waals surface area contributed by atoms with E-state index < -0.39 is 0 Å². The van der Waals surface area contributed by atoms with Crippen molar-refractivity contribution in [1.29, 1.82) is 0 Å². The number of benzene rings is 2. The quantitative estimate of drug-likeness (QED) is 0.634. The van der Waals surface area contributed by atoms with E-state index in [2.05, 4.69) is 41.0 Å². The van der Waals surface area contributed by atoms with E-state index in [4.69, 9.17) is 9.15 Å². The third kappa shape index (κ3) is 3.90. The molecular formula is C23H26N2O3. The molecule has 1 aromatic heterocycles. The number of fused-ring (bicyclic) bond motifs is 1. The van der Waals surface area contributed by atoms with Crippen LogP contribution >= 0.6 is 0 Å². The fourth-order valence-corrected chi connectivity index (χ4v) is 3.82. The normalized spacial score (nSPS) is 15.1. The van der Waals surface area contributed by atoms with E-state index in [1.165, 1.54) is 11.3 Å². The molecule has 28 heavy (non-hydrogen) atoms. The Morgan fingerprint density at radius 3 is 2.43 bits per heavy atom. The predicted octanol–water partition coefficient (Wildman–Crippen LogP) is 3.69. The number of rotatable bonds is 5. The lowest BCUT2D eigenvalue weighted by Crippen LogP contribution is -2.46. The second-order valence-corrected chi connectivity index (χ2v) is 7.24. The predicted molar refractivity (Wildman–Crippen MR) is 112 cm³/mol. The Bertz CT molecular complexity index is 1000. The molecule has 1 aliphatic heterocycles. The molecule has 3 aromatic rings. The average Bonchev–Trinajstić information content (AvgIpc) is 2.74. The summed E-state index contributed by atoms with van der Waals surface area (Å²) < 4.78 is 10.7. The molecule has 146 valence electrons. The summed E-state index contributed by atoms with van der Waals surface area (Å²) in [5.41, 5.74) is 3.87. The minimum Gasteiger partial charge on any atom is -0.497 e. The monoisotopic (exact) mass is 378 g/mol. The van der Waals surface area contributed by atoms with Crippen LogP contribution in [-0.2, 0) is 13.0 Å². The number of piperazine rings is 1. The number of nitrogens with zero attached hydrogens (tertiary/aromatic N) is 2. The lowest BCUT2D eigenvalue weighted by molar-refractivity contribution is 0.250. The standard InChI is InChI=1S/C23H26N2O3/c1-3-17-4-9-21-18(15-23(26)28-22(21)14-17)16-24-10-12-25(13-11-24)19-5-7-20(27-2)8-6-19/h4-9,14-15H,3,10-13,16H2,1-2H3. The van der Waals surface area contributed by atoms with Crippen molar-refractivity contribution in [2.45, 2.75) is 19.9 Å². The van der Waals surface area contributed by atoms with Crippen molar-refractivity contribution in [2.24, 2.45) is 0 Å². The van der Waals surface area contributed by atoms with Crippen LogP contribution < -0.4 is 15.3 Å². The minimum atomic E-state index is -0.271. The van der Waals surface area contributed by atoms with E-state index in [9.17, 15) is 4.79 Å². The molecule has 2 aromatic carbocycles. The maximum Gasteiger partial charge on any atom is 0.336 e. The second kappa shape index (κ2) is 8.07. The Balaban J connectivity index is 1.46. The first kappa shape index (κ1) is 18.6. The van der Waals surface area contributed by atoms with Crippen molar-refractivity contribution in [3.8, 4) is 5.75 Å². The molecule has 0 atom stereocenters. The van der Waals surface area contributed by atoms with Crippen molar-refractivity contribution >= 4 is 16.7 Å². The van der Waals surface area contributed by atoms with E-state index in [1.807, 2.05) is 18.2 Å². The molecular weight excluding hydrogens is 352 g/mol. The van der Waals surface area contributed by atoms with E-state index in [1.54, 1.807) is 13.2 Å². The largest absolute Gasteiger partial charge is 0.497 e. The van der Waals surface area contributed by atoms with Crippen LogP contribution in [-0.4, -0.2) is 38.2 Å². The van der Waals surface area contributed by atoms with Gasteiger partial charge in [-0.05, 0) is 47.9 Å². The molecule has 0 unspecified atom stereocenters. The summed E-state index contributed by atoms with van der Waals surface area (Å²) >= 11 is 0. The number of ether oxygens (including phenoxy) is 1. The van der Waals surface area contributed by atoms with Crippen LogP contribution in [0.5, 0.6) is 5.75 Å². The molecule has 0 bridgehead atoms. The average molecular weight is 378 g/mol. The van der Waals surface area contributed by atoms with E-state index in [-0.39, 0.29) is 5.63 Å². The van der Waals surface area contributed by atoms with Gasteiger partial charge >= 0.3 is 5.63 Å². The summed E-state index contributed by atoms with van der Waals surface area (Å²) in [5.74, 6) is 0.878. The Kier molecular flexibility index (Phi) is 5.35. The van der Waals surface area contributed by atoms with Crippen molar-refractivity contribution < 1.29 is 9.15 Å². The van der Waals surface area contributed by atoms with Crippen LogP contribution in [0.25, 0.3) is 11.0 Å². The van der Waals surface area contributed by atoms with Gasteiger partial charge in [-0.2, -0.15) is 0 Å². The number of hydrogen-bond acceptors (Lipinski definition) is 5. The van der Waals surface area contributed by atoms with Gasteiger partial charge in [-0.15, -0.1) is 0 Å². The van der Waals surface area contributed by atoms with Gasteiger partial charge in [-0.1, -0.05) is 19.1 Å². The zero-order valence-electron chi connectivity index (χ0n) is 16.5. The van der Waals surface area contributed by atoms with Gasteiger partial charge in [0.1, 0.15) is 11.3 Å². The Labute approximate surface area is 165 Å². The fraction of sp³-hybridized carbons (Fsp3) is 0.348. The van der Waals surface area contributed by atoms with Crippen LogP contribution in [0.15, 0.2) is 57.7 Å². The Hall–Kier alpha value is -2.79. The molecule has 0 N–H and O–H groups in total. The maximum atomic E-state index is 12.0. The number of anilines is 1. The third-order valence-corrected chi connectivity index (χ3v) is 5.51. The number of aryl methyl sites for hydroxylation is 1. The van der Waals surface area contributed by atoms with Crippen LogP contribution in [0.3, 0.4) is 0 Å². The highest BCUT2D eigenvalue weighted by Gasteiger charge is 2.19. The molecule has 0 saturated carbocycles. The molecule has 2 heterocycles. The Morgan fingerprint density at radius 2 is 1.75 bits per heavy atom. The minimum absolute atomic E-state index is 0.271. The highest BCUT2D eigenvalue weighted by atomic mass is 16.5. The molecule has 1 aliphatic rings. The van der Waals surface area contributed by atoms with Crippen molar-refractivity contribution in [3.63, 3.8) is 0 Å². The lowest BCUT2D eigenvalue weighted by Gasteiger charge is -2.36. The molecule has 0 spiro atoms. The second-order valence-electron chi connectivity index (χ2n) is 7.24. The zero-order valence-corrected chi connectivity index (χ0v) is 16.5. The first-order valence-corrected chi connectivity index (χ1v) is 9.83. The zero-order chi connectivity index (χ0) is 19.5. The van der Waals surface area contributed by atoms with E-state index >= 15 is 0 Å². The lowest BCUT2D eigenvalue weighted by atomic mass is 10.1. The van der Waals surface area contributed by atoms with Gasteiger partial charge in [-0.25, -0.2) is 4.79 Å². The fourth-order valence-electron chi connectivity index (χ4n) is 3.82. The molecule has 0 aliphatic carbocycles. The first-order chi connectivity index (χ1) is 13.7. The van der Waals surface area contributed by atoms with Crippen LogP contribution in [0, 0.1) is 0 Å². The molecule has 4 rings (SSSR count). The molecule has 0 amide bonds. The summed E-state index contributed by atoms with van der Waals surface area (Å²) in [6.45, 7) is 6.72. The van der Waals surface area contributed by atoms with Gasteiger partial charge in [0.05, 0.1) is 7.11 Å². The Morgan fingerprint density at radius 1 is 1.00 bits per heavy atom. The van der Waals surface area contributed by atoms with Gasteiger partial charge in [0, 0.05) is 49.9 Å². The highest BCUT2D eigenvalue weighted by Crippen LogP contribution is 2.23. The number of hydrogen-bond donors (Lipinski definition) is 0. The van der Waals surface area contributed by atoms with Gasteiger partial charge in [0.15, 0.2) is 0 Å². The summed E-state index contributed by atoms with van der Waals surface area (Å²) in [5, 5.41) is 1.04. The van der Waals surface area contributed by atoms with Gasteiger partial charge < -0.3 is 14.1 Å². The van der Waals surface area contributed by atoms with Crippen molar-refractivity contribution in [3.05, 3.63) is 70.1 Å². The van der Waals surface area contributed by atoms with E-state index in [0.29, 0.717) is 5.58 Å². The summed E-state index contributed by atoms with van der Waals surface area (Å²) in [4.78, 5) is 16.8. The first-order valence-electron chi connectivity index (χ1n) is 9.83. The van der Waals surface area contributed by atoms with Crippen molar-refractivity contribution in [1.82, 2.24) is 4.90 Å². The highest BCUT2D eigenvalue weighted by molar-refractivity contribution is 5.80. The maximum absolute atomic E-state index is 12.0. The van der Waals surface area contributed by atoms with Gasteiger partial charge in [0.2, 0.25) is 0 Å². The SMILES string of the molecule is CCc1ccc2c(CN3CCN(c4ccc(OC)cc4)CC3)cc(=O)oc2c1. The third-order valence-electron chi connectivity index (χ3n) is 5.51. The molecule has 5 heteroatoms. The smallest absolute Gasteiger partial charge is 0.336 e. The van der Waals surface area contributed by atoms with Crippen molar-refractivity contribution in [2.75, 3.05) is 38.2 Å². The summed E-state index contributed by atoms with van der Waals surface area (Å²) in [7, 11) is 1.69. The summed E-state index contributed by atoms with van der Waals surface area (Å²) in [6, 6.07) is 16.0. The molecule has 1 saturated heterocycles. The van der Waals surface area contributed by atoms with Gasteiger partial charge in [-0.3, -0.25) is 4.90 Å². The van der Waals surface area contributed by atoms with Crippen LogP contribution in [0.4, 0.5) is 5.69 Å². The topological polar surface area (TPSA) is 45.9 Å². The summed E-state index contributed by atoms with van der Waals surface area (Å²) in [6.07, 6.45) is 0.928. The number of methoxy groups -OCH3 is 1.